The zero-order valence-electron chi connectivity index (χ0n) is 14.9. The van der Waals surface area contributed by atoms with Gasteiger partial charge in [0.05, 0.1) is 11.4 Å². The van der Waals surface area contributed by atoms with E-state index in [9.17, 15) is 13.2 Å². The minimum atomic E-state index is -3.71. The molecule has 0 radical (unpaired) electrons. The van der Waals surface area contributed by atoms with Crippen LogP contribution in [-0.4, -0.2) is 62.3 Å². The van der Waals surface area contributed by atoms with E-state index in [0.717, 1.165) is 30.0 Å². The fourth-order valence-corrected chi connectivity index (χ4v) is 4.97. The van der Waals surface area contributed by atoms with Gasteiger partial charge in [-0.05, 0) is 49.9 Å². The quantitative estimate of drug-likeness (QED) is 0.790. The second-order valence-corrected chi connectivity index (χ2v) is 9.46. The average molecular weight is 422 g/mol. The molecule has 0 saturated carbocycles. The summed E-state index contributed by atoms with van der Waals surface area (Å²) in [5.41, 5.74) is 0. The Morgan fingerprint density at radius 2 is 1.69 bits per heavy atom. The first-order valence-electron chi connectivity index (χ1n) is 8.51. The summed E-state index contributed by atoms with van der Waals surface area (Å²) in [6, 6.07) is 7.10. The van der Waals surface area contributed by atoms with Crippen molar-refractivity contribution >= 4 is 39.9 Å². The Kier molecular flexibility index (Phi) is 6.96. The highest BCUT2D eigenvalue weighted by Gasteiger charge is 2.37. The molecule has 1 N–H and O–H groups in total. The average Bonchev–Trinajstić information content (AvgIpc) is 2.92. The number of carbonyl (C=O) groups excluding carboxylic acids is 1. The Balaban J connectivity index is 0.00000243. The van der Waals surface area contributed by atoms with E-state index in [1.54, 1.807) is 11.9 Å². The van der Waals surface area contributed by atoms with Crippen molar-refractivity contribution in [3.05, 3.63) is 29.3 Å². The smallest absolute Gasteiger partial charge is 0.243 e. The van der Waals surface area contributed by atoms with Crippen LogP contribution in [0.4, 0.5) is 0 Å². The summed E-state index contributed by atoms with van der Waals surface area (Å²) >= 11 is 5.81. The summed E-state index contributed by atoms with van der Waals surface area (Å²) in [5.74, 6) is -0.175. The van der Waals surface area contributed by atoms with Gasteiger partial charge in [0, 0.05) is 37.2 Å². The van der Waals surface area contributed by atoms with E-state index in [2.05, 4.69) is 5.32 Å². The van der Waals surface area contributed by atoms with Crippen molar-refractivity contribution in [2.24, 2.45) is 0 Å². The third kappa shape index (κ3) is 4.51. The number of rotatable bonds is 5. The number of nitrogens with zero attached hydrogens (tertiary/aromatic N) is 2. The number of amides is 1. The number of carbonyl (C=O) groups is 1. The molecule has 1 amide bonds. The highest BCUT2D eigenvalue weighted by molar-refractivity contribution is 7.89. The van der Waals surface area contributed by atoms with Crippen molar-refractivity contribution in [3.63, 3.8) is 0 Å². The molecule has 2 heterocycles. The van der Waals surface area contributed by atoms with Crippen LogP contribution < -0.4 is 5.32 Å². The Morgan fingerprint density at radius 1 is 1.15 bits per heavy atom. The summed E-state index contributed by atoms with van der Waals surface area (Å²) < 4.78 is 26.3. The number of benzene rings is 1. The van der Waals surface area contributed by atoms with Gasteiger partial charge in [-0.15, -0.1) is 12.4 Å². The number of sulfonamides is 1. The lowest BCUT2D eigenvalue weighted by Crippen LogP contribution is -2.50. The SMILES string of the molecule is CN(C(=O)CN(C)S(=O)(=O)c1ccc(Cl)cc1)C1CC2CCC(C1)N2.Cl. The zero-order chi connectivity index (χ0) is 18.2. The minimum Gasteiger partial charge on any atom is -0.342 e. The fraction of sp³-hybridized carbons (Fsp3) is 0.588. The number of nitrogens with one attached hydrogen (secondary N) is 1. The predicted octanol–water partition coefficient (Wildman–Crippen LogP) is 2.12. The van der Waals surface area contributed by atoms with Crippen molar-refractivity contribution in [1.82, 2.24) is 14.5 Å². The fourth-order valence-electron chi connectivity index (χ4n) is 3.72. The second-order valence-electron chi connectivity index (χ2n) is 6.98. The maximum atomic E-state index is 12.6. The van der Waals surface area contributed by atoms with Gasteiger partial charge in [-0.25, -0.2) is 8.42 Å². The van der Waals surface area contributed by atoms with Crippen LogP contribution in [0.25, 0.3) is 0 Å². The molecule has 2 aliphatic rings. The van der Waals surface area contributed by atoms with E-state index < -0.39 is 10.0 Å². The Hall–Kier alpha value is -0.860. The van der Waals surface area contributed by atoms with Crippen molar-refractivity contribution in [2.75, 3.05) is 20.6 Å². The first-order chi connectivity index (χ1) is 11.8. The molecule has 2 fully saturated rings. The van der Waals surface area contributed by atoms with Crippen LogP contribution in [0.3, 0.4) is 0 Å². The molecule has 0 spiro atoms. The molecule has 0 aliphatic carbocycles. The summed E-state index contributed by atoms with van der Waals surface area (Å²) in [5, 5.41) is 4.02. The maximum Gasteiger partial charge on any atom is 0.243 e. The summed E-state index contributed by atoms with van der Waals surface area (Å²) in [7, 11) is -0.499. The number of likely N-dealkylation sites (N-methyl/N-ethyl adjacent to an activating group) is 2. The van der Waals surface area contributed by atoms with Crippen LogP contribution in [0.5, 0.6) is 0 Å². The van der Waals surface area contributed by atoms with Crippen LogP contribution in [0.2, 0.25) is 5.02 Å². The van der Waals surface area contributed by atoms with Crippen LogP contribution in [-0.2, 0) is 14.8 Å². The number of fused-ring (bicyclic) bond motifs is 2. The molecule has 6 nitrogen and oxygen atoms in total. The molecule has 0 aromatic heterocycles. The van der Waals surface area contributed by atoms with Gasteiger partial charge in [0.2, 0.25) is 15.9 Å². The highest BCUT2D eigenvalue weighted by atomic mass is 35.5. The van der Waals surface area contributed by atoms with Crippen molar-refractivity contribution < 1.29 is 13.2 Å². The topological polar surface area (TPSA) is 69.7 Å². The van der Waals surface area contributed by atoms with Gasteiger partial charge in [0.25, 0.3) is 0 Å². The molecule has 2 atom stereocenters. The highest BCUT2D eigenvalue weighted by Crippen LogP contribution is 2.29. The largest absolute Gasteiger partial charge is 0.342 e. The van der Waals surface area contributed by atoms with E-state index >= 15 is 0 Å². The van der Waals surface area contributed by atoms with Gasteiger partial charge in [0.15, 0.2) is 0 Å². The number of hydrogen-bond acceptors (Lipinski definition) is 4. The molecular weight excluding hydrogens is 397 g/mol. The minimum absolute atomic E-state index is 0. The third-order valence-electron chi connectivity index (χ3n) is 5.27. The lowest BCUT2D eigenvalue weighted by Gasteiger charge is -2.36. The van der Waals surface area contributed by atoms with Gasteiger partial charge in [-0.2, -0.15) is 4.31 Å². The van der Waals surface area contributed by atoms with E-state index in [1.165, 1.54) is 31.3 Å². The summed E-state index contributed by atoms with van der Waals surface area (Å²) in [6.45, 7) is -0.166. The van der Waals surface area contributed by atoms with E-state index in [1.807, 2.05) is 0 Å². The molecule has 2 unspecified atom stereocenters. The molecule has 2 bridgehead atoms. The van der Waals surface area contributed by atoms with E-state index in [0.29, 0.717) is 17.1 Å². The maximum absolute atomic E-state index is 12.6. The van der Waals surface area contributed by atoms with Crippen LogP contribution in [0.1, 0.15) is 25.7 Å². The Bertz CT molecular complexity index is 730. The standard InChI is InChI=1S/C17H24ClN3O3S.ClH/c1-20(25(23,24)16-7-3-12(18)4-8-16)11-17(22)21(2)15-9-13-5-6-14(10-15)19-13;/h3-4,7-8,13-15,19H,5-6,9-11H2,1-2H3;1H. The number of hydrogen-bond donors (Lipinski definition) is 1. The van der Waals surface area contributed by atoms with Gasteiger partial charge in [-0.1, -0.05) is 11.6 Å². The van der Waals surface area contributed by atoms with Crippen molar-refractivity contribution in [3.8, 4) is 0 Å². The molecule has 2 aliphatic heterocycles. The van der Waals surface area contributed by atoms with E-state index in [4.69, 9.17) is 11.6 Å². The molecular formula is C17H25Cl2N3O3S. The first kappa shape index (κ1) is 21.4. The van der Waals surface area contributed by atoms with Gasteiger partial charge < -0.3 is 10.2 Å². The monoisotopic (exact) mass is 421 g/mol. The number of halogens is 2. The van der Waals surface area contributed by atoms with E-state index in [-0.39, 0.29) is 35.8 Å². The molecule has 26 heavy (non-hydrogen) atoms. The lowest BCUT2D eigenvalue weighted by molar-refractivity contribution is -0.132. The molecule has 1 aromatic rings. The van der Waals surface area contributed by atoms with Crippen LogP contribution >= 0.6 is 24.0 Å². The van der Waals surface area contributed by atoms with Crippen LogP contribution in [0, 0.1) is 0 Å². The van der Waals surface area contributed by atoms with Crippen molar-refractivity contribution in [2.45, 2.75) is 48.7 Å². The molecule has 9 heteroatoms. The molecule has 3 rings (SSSR count). The molecule has 2 saturated heterocycles. The predicted molar refractivity (Wildman–Crippen MR) is 104 cm³/mol. The molecule has 1 aromatic carbocycles. The zero-order valence-corrected chi connectivity index (χ0v) is 17.3. The second kappa shape index (κ2) is 8.44. The van der Waals surface area contributed by atoms with Crippen molar-refractivity contribution in [1.29, 1.82) is 0 Å². The third-order valence-corrected chi connectivity index (χ3v) is 7.34. The molecule has 146 valence electrons. The first-order valence-corrected chi connectivity index (χ1v) is 10.3. The van der Waals surface area contributed by atoms with Gasteiger partial charge in [-0.3, -0.25) is 4.79 Å². The number of piperidine rings is 1. The Morgan fingerprint density at radius 3 is 2.23 bits per heavy atom. The lowest BCUT2D eigenvalue weighted by atomic mass is 9.98. The Labute approximate surface area is 166 Å². The van der Waals surface area contributed by atoms with Crippen LogP contribution in [0.15, 0.2) is 29.2 Å². The normalized spacial score (nSPS) is 25.0. The summed E-state index contributed by atoms with van der Waals surface area (Å²) in [4.78, 5) is 14.5. The summed E-state index contributed by atoms with van der Waals surface area (Å²) in [6.07, 6.45) is 4.20. The van der Waals surface area contributed by atoms with Gasteiger partial charge >= 0.3 is 0 Å². The van der Waals surface area contributed by atoms with Gasteiger partial charge in [0.1, 0.15) is 0 Å².